The number of carboxylic acid groups (broad SMARTS) is 1. The first-order chi connectivity index (χ1) is 13.3. The maximum absolute atomic E-state index is 12.8. The Kier molecular flexibility index (Phi) is 5.90. The molecule has 0 radical (unpaired) electrons. The van der Waals surface area contributed by atoms with Crippen molar-refractivity contribution in [3.63, 3.8) is 0 Å². The fourth-order valence-corrected chi connectivity index (χ4v) is 4.46. The number of terminal acetylenes is 1. The highest BCUT2D eigenvalue weighted by Crippen LogP contribution is 2.43. The Morgan fingerprint density at radius 2 is 2.04 bits per heavy atom. The summed E-state index contributed by atoms with van der Waals surface area (Å²) in [5, 5.41) is 10.5. The third-order valence-corrected chi connectivity index (χ3v) is 6.26. The van der Waals surface area contributed by atoms with Crippen LogP contribution in [0.15, 0.2) is 12.1 Å². The van der Waals surface area contributed by atoms with Crippen LogP contribution in [0.25, 0.3) is 0 Å². The number of aryl methyl sites for hydroxylation is 1. The lowest BCUT2D eigenvalue weighted by atomic mass is 9.74. The fourth-order valence-electron chi connectivity index (χ4n) is 4.26. The smallest absolute Gasteiger partial charge is 0.330 e. The van der Waals surface area contributed by atoms with Crippen LogP contribution in [-0.4, -0.2) is 28.6 Å². The van der Waals surface area contributed by atoms with Crippen LogP contribution in [0.3, 0.4) is 0 Å². The van der Waals surface area contributed by atoms with Crippen LogP contribution in [0.5, 0.6) is 5.75 Å². The van der Waals surface area contributed by atoms with Gasteiger partial charge in [-0.15, -0.1) is 6.42 Å². The van der Waals surface area contributed by atoms with Crippen LogP contribution in [-0.2, 0) is 9.59 Å². The minimum atomic E-state index is -1.37. The van der Waals surface area contributed by atoms with Crippen molar-refractivity contribution >= 4 is 29.2 Å². The van der Waals surface area contributed by atoms with Crippen LogP contribution in [0.2, 0.25) is 5.02 Å². The Morgan fingerprint density at radius 3 is 2.57 bits per heavy atom. The Hall–Kier alpha value is -2.19. The maximum atomic E-state index is 12.8. The molecule has 3 rings (SSSR count). The molecule has 5 nitrogen and oxygen atoms in total. The van der Waals surface area contributed by atoms with E-state index in [1.54, 1.807) is 12.1 Å². The van der Waals surface area contributed by atoms with E-state index in [1.165, 1.54) is 4.90 Å². The zero-order chi connectivity index (χ0) is 20.5. The predicted octanol–water partition coefficient (Wildman–Crippen LogP) is 4.58. The molecule has 0 saturated heterocycles. The fraction of sp³-hybridized carbons (Fsp3) is 0.545. The van der Waals surface area contributed by atoms with Crippen molar-refractivity contribution in [2.45, 2.75) is 70.4 Å². The summed E-state index contributed by atoms with van der Waals surface area (Å²) < 4.78 is 5.93. The van der Waals surface area contributed by atoms with E-state index in [2.05, 4.69) is 5.92 Å². The number of carbonyl (C=O) groups excluding carboxylic acids is 1. The van der Waals surface area contributed by atoms with E-state index in [1.807, 2.05) is 13.8 Å². The molecular formula is C22H26ClNO4. The Balaban J connectivity index is 2.06. The number of amides is 1. The molecule has 0 heterocycles. The van der Waals surface area contributed by atoms with Crippen LogP contribution in [0, 0.1) is 25.2 Å². The lowest BCUT2D eigenvalue weighted by Crippen LogP contribution is -2.59. The highest BCUT2D eigenvalue weighted by molar-refractivity contribution is 6.32. The molecule has 0 spiro atoms. The average molecular weight is 404 g/mol. The molecule has 2 unspecified atom stereocenters. The molecule has 1 aromatic carbocycles. The molecule has 6 heteroatoms. The zero-order valence-electron chi connectivity index (χ0n) is 16.3. The van der Waals surface area contributed by atoms with Gasteiger partial charge in [0.05, 0.1) is 16.8 Å². The maximum Gasteiger partial charge on any atom is 0.330 e. The Labute approximate surface area is 171 Å². The van der Waals surface area contributed by atoms with Gasteiger partial charge in [-0.2, -0.15) is 0 Å². The third kappa shape index (κ3) is 3.71. The van der Waals surface area contributed by atoms with Crippen LogP contribution >= 0.6 is 11.6 Å². The van der Waals surface area contributed by atoms with Crippen LogP contribution in [0.1, 0.15) is 57.4 Å². The van der Waals surface area contributed by atoms with E-state index < -0.39 is 17.4 Å². The topological polar surface area (TPSA) is 66.8 Å². The minimum Gasteiger partial charge on any atom is -0.489 e. The molecule has 28 heavy (non-hydrogen) atoms. The van der Waals surface area contributed by atoms with Crippen molar-refractivity contribution in [2.75, 3.05) is 4.90 Å². The van der Waals surface area contributed by atoms with E-state index >= 15 is 0 Å². The molecule has 0 aromatic heterocycles. The average Bonchev–Trinajstić information content (AvgIpc) is 2.61. The number of carboxylic acids is 1. The molecule has 0 aliphatic heterocycles. The lowest BCUT2D eigenvalue weighted by Gasteiger charge is -2.44. The lowest BCUT2D eigenvalue weighted by molar-refractivity contribution is -0.146. The third-order valence-electron chi connectivity index (χ3n) is 5.96. The van der Waals surface area contributed by atoms with E-state index in [4.69, 9.17) is 22.8 Å². The van der Waals surface area contributed by atoms with Gasteiger partial charge in [0.2, 0.25) is 0 Å². The molecule has 1 amide bonds. The van der Waals surface area contributed by atoms with E-state index in [0.717, 1.165) is 32.1 Å². The van der Waals surface area contributed by atoms with Gasteiger partial charge in [0.15, 0.2) is 0 Å². The van der Waals surface area contributed by atoms with Crippen molar-refractivity contribution in [1.82, 2.24) is 0 Å². The number of halogens is 1. The molecule has 2 saturated carbocycles. The molecule has 1 N–H and O–H groups in total. The highest BCUT2D eigenvalue weighted by Gasteiger charge is 2.50. The zero-order valence-corrected chi connectivity index (χ0v) is 17.1. The first kappa shape index (κ1) is 20.5. The molecule has 2 aliphatic carbocycles. The van der Waals surface area contributed by atoms with Gasteiger partial charge in [0.25, 0.3) is 0 Å². The number of benzene rings is 1. The second-order valence-electron chi connectivity index (χ2n) is 8.06. The van der Waals surface area contributed by atoms with Gasteiger partial charge in [-0.3, -0.25) is 9.69 Å². The normalized spacial score (nSPS) is 24.7. The Bertz CT molecular complexity index is 827. The van der Waals surface area contributed by atoms with Crippen molar-refractivity contribution in [2.24, 2.45) is 5.92 Å². The number of anilines is 1. The van der Waals surface area contributed by atoms with E-state index in [-0.39, 0.29) is 12.0 Å². The number of aliphatic carboxylic acids is 1. The number of hydrogen-bond donors (Lipinski definition) is 1. The molecule has 150 valence electrons. The van der Waals surface area contributed by atoms with Gasteiger partial charge >= 0.3 is 11.9 Å². The van der Waals surface area contributed by atoms with Crippen molar-refractivity contribution in [3.8, 4) is 18.1 Å². The summed E-state index contributed by atoms with van der Waals surface area (Å²) in [4.78, 5) is 26.4. The number of rotatable bonds is 5. The molecule has 2 atom stereocenters. The standard InChI is InChI=1S/C22H26ClNO4/c1-4-20(25)24(22(21(26)27)10-6-7-14(2)13-22)18-12-17(23)19(11-15(18)3)28-16-8-5-9-16/h1,11-12,14,16H,5-10,13H2,2-3H3,(H,26,27). The first-order valence-corrected chi connectivity index (χ1v) is 10.2. The van der Waals surface area contributed by atoms with E-state index in [0.29, 0.717) is 34.9 Å². The van der Waals surface area contributed by atoms with Crippen LogP contribution < -0.4 is 9.64 Å². The van der Waals surface area contributed by atoms with Crippen LogP contribution in [0.4, 0.5) is 5.69 Å². The second-order valence-corrected chi connectivity index (χ2v) is 8.47. The van der Waals surface area contributed by atoms with Gasteiger partial charge in [-0.1, -0.05) is 31.4 Å². The summed E-state index contributed by atoms with van der Waals surface area (Å²) in [5.41, 5.74) is -0.225. The minimum absolute atomic E-state index is 0.163. The SMILES string of the molecule is C#CC(=O)N(c1cc(Cl)c(OC2CCC2)cc1C)C1(C(=O)O)CCCC(C)C1. The summed E-state index contributed by atoms with van der Waals surface area (Å²) in [6.45, 7) is 3.82. The molecule has 2 aliphatic rings. The number of hydrogen-bond acceptors (Lipinski definition) is 3. The summed E-state index contributed by atoms with van der Waals surface area (Å²) in [6, 6.07) is 3.39. The van der Waals surface area contributed by atoms with Gasteiger partial charge < -0.3 is 9.84 Å². The molecule has 2 fully saturated rings. The van der Waals surface area contributed by atoms with E-state index in [9.17, 15) is 14.7 Å². The molecule has 0 bridgehead atoms. The van der Waals surface area contributed by atoms with Gasteiger partial charge in [-0.05, 0) is 68.6 Å². The number of ether oxygens (including phenoxy) is 1. The summed E-state index contributed by atoms with van der Waals surface area (Å²) >= 11 is 6.45. The highest BCUT2D eigenvalue weighted by atomic mass is 35.5. The van der Waals surface area contributed by atoms with Gasteiger partial charge in [0, 0.05) is 0 Å². The number of nitrogens with zero attached hydrogens (tertiary/aromatic N) is 1. The molecular weight excluding hydrogens is 378 g/mol. The van der Waals surface area contributed by atoms with Gasteiger partial charge in [-0.25, -0.2) is 4.79 Å². The van der Waals surface area contributed by atoms with Crippen molar-refractivity contribution in [3.05, 3.63) is 22.7 Å². The number of carbonyl (C=O) groups is 2. The summed E-state index contributed by atoms with van der Waals surface area (Å²) in [6.07, 6.45) is 11.1. The second kappa shape index (κ2) is 8.05. The monoisotopic (exact) mass is 403 g/mol. The Morgan fingerprint density at radius 1 is 1.32 bits per heavy atom. The largest absolute Gasteiger partial charge is 0.489 e. The molecule has 1 aromatic rings. The van der Waals surface area contributed by atoms with Gasteiger partial charge in [0.1, 0.15) is 11.3 Å². The van der Waals surface area contributed by atoms with Crippen molar-refractivity contribution < 1.29 is 19.4 Å². The first-order valence-electron chi connectivity index (χ1n) is 9.79. The van der Waals surface area contributed by atoms with Crippen molar-refractivity contribution in [1.29, 1.82) is 0 Å². The quantitative estimate of drug-likeness (QED) is 0.731. The summed E-state index contributed by atoms with van der Waals surface area (Å²) in [5.74, 6) is 1.15. The summed E-state index contributed by atoms with van der Waals surface area (Å²) in [7, 11) is 0. The predicted molar refractivity (Wildman–Crippen MR) is 109 cm³/mol.